The van der Waals surface area contributed by atoms with Crippen LogP contribution in [-0.2, 0) is 7.05 Å². The molecule has 0 saturated carbocycles. The van der Waals surface area contributed by atoms with Crippen LogP contribution in [0.5, 0.6) is 0 Å². The molecule has 6 heteroatoms. The summed E-state index contributed by atoms with van der Waals surface area (Å²) < 4.78 is 7.41. The SMILES string of the molecule is Cc1cnc(I)cc1C(=O)c1cc(C)c2c(c1)oc(=O)n2C. The van der Waals surface area contributed by atoms with Crippen molar-refractivity contribution in [1.29, 1.82) is 0 Å². The summed E-state index contributed by atoms with van der Waals surface area (Å²) in [6.07, 6.45) is 1.68. The van der Waals surface area contributed by atoms with Gasteiger partial charge in [-0.3, -0.25) is 14.3 Å². The summed E-state index contributed by atoms with van der Waals surface area (Å²) in [4.78, 5) is 28.6. The number of hydrogen-bond acceptors (Lipinski definition) is 4. The summed E-state index contributed by atoms with van der Waals surface area (Å²) in [6.45, 7) is 3.71. The molecule has 0 aliphatic carbocycles. The van der Waals surface area contributed by atoms with Gasteiger partial charge in [-0.2, -0.15) is 0 Å². The smallest absolute Gasteiger partial charge is 0.408 e. The lowest BCUT2D eigenvalue weighted by Crippen LogP contribution is -2.09. The van der Waals surface area contributed by atoms with Gasteiger partial charge >= 0.3 is 5.76 Å². The number of carbonyl (C=O) groups excluding carboxylic acids is 1. The Morgan fingerprint density at radius 2 is 1.95 bits per heavy atom. The Labute approximate surface area is 140 Å². The molecule has 2 aromatic heterocycles. The van der Waals surface area contributed by atoms with Crippen LogP contribution in [0.25, 0.3) is 11.1 Å². The molecule has 0 amide bonds. The molecule has 0 saturated heterocycles. The summed E-state index contributed by atoms with van der Waals surface area (Å²) in [5.74, 6) is -0.536. The summed E-state index contributed by atoms with van der Waals surface area (Å²) in [6, 6.07) is 5.17. The van der Waals surface area contributed by atoms with Gasteiger partial charge in [-0.25, -0.2) is 4.79 Å². The van der Waals surface area contributed by atoms with E-state index in [1.165, 1.54) is 4.57 Å². The number of rotatable bonds is 2. The highest BCUT2D eigenvalue weighted by Crippen LogP contribution is 2.22. The molecule has 2 heterocycles. The molecule has 0 fully saturated rings. The molecule has 112 valence electrons. The maximum atomic E-state index is 12.7. The lowest BCUT2D eigenvalue weighted by molar-refractivity contribution is 0.103. The maximum Gasteiger partial charge on any atom is 0.419 e. The molecule has 5 nitrogen and oxygen atoms in total. The molecule has 0 N–H and O–H groups in total. The average molecular weight is 408 g/mol. The largest absolute Gasteiger partial charge is 0.419 e. The van der Waals surface area contributed by atoms with Crippen LogP contribution in [0.15, 0.2) is 33.6 Å². The second kappa shape index (κ2) is 5.35. The van der Waals surface area contributed by atoms with Gasteiger partial charge in [-0.15, -0.1) is 0 Å². The van der Waals surface area contributed by atoms with Gasteiger partial charge in [0.05, 0.1) is 5.52 Å². The van der Waals surface area contributed by atoms with E-state index in [2.05, 4.69) is 27.6 Å². The Bertz CT molecular complexity index is 969. The fourth-order valence-corrected chi connectivity index (χ4v) is 2.99. The summed E-state index contributed by atoms with van der Waals surface area (Å²) in [5.41, 5.74) is 3.90. The van der Waals surface area contributed by atoms with Crippen molar-refractivity contribution in [2.24, 2.45) is 7.05 Å². The second-order valence-electron chi connectivity index (χ2n) is 5.22. The first kappa shape index (κ1) is 15.0. The van der Waals surface area contributed by atoms with Gasteiger partial charge in [0, 0.05) is 24.4 Å². The Kier molecular flexibility index (Phi) is 3.64. The van der Waals surface area contributed by atoms with Crippen molar-refractivity contribution in [2.45, 2.75) is 13.8 Å². The van der Waals surface area contributed by atoms with Gasteiger partial charge in [0.25, 0.3) is 0 Å². The molecule has 0 spiro atoms. The van der Waals surface area contributed by atoms with E-state index in [0.717, 1.165) is 14.8 Å². The second-order valence-corrected chi connectivity index (χ2v) is 6.32. The molecule has 1 aromatic carbocycles. The molecule has 0 unspecified atom stereocenters. The van der Waals surface area contributed by atoms with E-state index in [1.807, 2.05) is 13.8 Å². The number of aromatic nitrogens is 2. The highest BCUT2D eigenvalue weighted by atomic mass is 127. The molecular formula is C16H13IN2O3. The Morgan fingerprint density at radius 3 is 2.68 bits per heavy atom. The Balaban J connectivity index is 2.20. The van der Waals surface area contributed by atoms with Gasteiger partial charge in [0.15, 0.2) is 11.4 Å². The van der Waals surface area contributed by atoms with Crippen molar-refractivity contribution in [1.82, 2.24) is 9.55 Å². The minimum absolute atomic E-state index is 0.102. The molecule has 0 aliphatic heterocycles. The van der Waals surface area contributed by atoms with Crippen LogP contribution in [0.2, 0.25) is 0 Å². The van der Waals surface area contributed by atoms with Gasteiger partial charge in [0.1, 0.15) is 3.70 Å². The average Bonchev–Trinajstić information content (AvgIpc) is 2.76. The molecular weight excluding hydrogens is 395 g/mol. The molecule has 3 rings (SSSR count). The topological polar surface area (TPSA) is 65.1 Å². The van der Waals surface area contributed by atoms with Gasteiger partial charge in [-0.1, -0.05) is 0 Å². The first-order valence-electron chi connectivity index (χ1n) is 6.65. The van der Waals surface area contributed by atoms with E-state index in [4.69, 9.17) is 4.42 Å². The first-order chi connectivity index (χ1) is 10.4. The number of fused-ring (bicyclic) bond motifs is 1. The number of hydrogen-bond donors (Lipinski definition) is 0. The molecule has 22 heavy (non-hydrogen) atoms. The molecule has 3 aromatic rings. The van der Waals surface area contributed by atoms with Gasteiger partial charge in [-0.05, 0) is 65.8 Å². The minimum Gasteiger partial charge on any atom is -0.408 e. The monoisotopic (exact) mass is 408 g/mol. The fourth-order valence-electron chi connectivity index (χ4n) is 2.54. The Hall–Kier alpha value is -1.96. The maximum absolute atomic E-state index is 12.7. The zero-order valence-corrected chi connectivity index (χ0v) is 14.5. The summed E-state index contributed by atoms with van der Waals surface area (Å²) >= 11 is 2.08. The lowest BCUT2D eigenvalue weighted by atomic mass is 9.99. The van der Waals surface area contributed by atoms with Crippen LogP contribution in [0.4, 0.5) is 0 Å². The molecule has 0 bridgehead atoms. The van der Waals surface area contributed by atoms with E-state index in [9.17, 15) is 9.59 Å². The molecule has 0 aliphatic rings. The summed E-state index contributed by atoms with van der Waals surface area (Å²) in [5, 5.41) is 0. The fraction of sp³-hybridized carbons (Fsp3) is 0.188. The van der Waals surface area contributed by atoms with Crippen molar-refractivity contribution in [3.63, 3.8) is 0 Å². The van der Waals surface area contributed by atoms with E-state index < -0.39 is 5.76 Å². The van der Waals surface area contributed by atoms with E-state index in [0.29, 0.717) is 22.2 Å². The number of carbonyl (C=O) groups is 1. The zero-order valence-electron chi connectivity index (χ0n) is 12.3. The number of nitrogens with zero attached hydrogens (tertiary/aromatic N) is 2. The van der Waals surface area contributed by atoms with Crippen LogP contribution >= 0.6 is 22.6 Å². The highest BCUT2D eigenvalue weighted by Gasteiger charge is 2.17. The van der Waals surface area contributed by atoms with Crippen LogP contribution in [-0.4, -0.2) is 15.3 Å². The first-order valence-corrected chi connectivity index (χ1v) is 7.73. The third-order valence-corrected chi connectivity index (χ3v) is 4.24. The third-order valence-electron chi connectivity index (χ3n) is 3.65. The third kappa shape index (κ3) is 2.37. The van der Waals surface area contributed by atoms with Crippen molar-refractivity contribution in [3.8, 4) is 0 Å². The standard InChI is InChI=1S/C16H13IN2O3/c1-8-4-10(5-12-14(8)19(3)16(21)22-12)15(20)11-6-13(17)18-7-9(11)2/h4-7H,1-3H3. The number of pyridine rings is 1. The van der Waals surface area contributed by atoms with Crippen molar-refractivity contribution in [3.05, 3.63) is 60.9 Å². The number of oxazole rings is 1. The van der Waals surface area contributed by atoms with Crippen LogP contribution in [0, 0.1) is 17.5 Å². The lowest BCUT2D eigenvalue weighted by Gasteiger charge is -2.07. The van der Waals surface area contributed by atoms with E-state index in [1.54, 1.807) is 31.4 Å². The van der Waals surface area contributed by atoms with E-state index in [-0.39, 0.29) is 5.78 Å². The van der Waals surface area contributed by atoms with Crippen molar-refractivity contribution in [2.75, 3.05) is 0 Å². The normalized spacial score (nSPS) is 11.1. The van der Waals surface area contributed by atoms with E-state index >= 15 is 0 Å². The summed E-state index contributed by atoms with van der Waals surface area (Å²) in [7, 11) is 1.65. The predicted octanol–water partition coefficient (Wildman–Crippen LogP) is 2.98. The number of benzene rings is 1. The van der Waals surface area contributed by atoms with Crippen LogP contribution in [0.1, 0.15) is 27.0 Å². The molecule has 0 atom stereocenters. The van der Waals surface area contributed by atoms with Crippen molar-refractivity contribution >= 4 is 39.5 Å². The van der Waals surface area contributed by atoms with Crippen LogP contribution in [0.3, 0.4) is 0 Å². The molecule has 0 radical (unpaired) electrons. The number of halogens is 1. The van der Waals surface area contributed by atoms with Crippen LogP contribution < -0.4 is 5.76 Å². The number of aryl methyl sites for hydroxylation is 3. The quantitative estimate of drug-likeness (QED) is 0.372. The minimum atomic E-state index is -0.433. The zero-order chi connectivity index (χ0) is 16.0. The van der Waals surface area contributed by atoms with Gasteiger partial charge in [0.2, 0.25) is 0 Å². The van der Waals surface area contributed by atoms with Gasteiger partial charge < -0.3 is 4.42 Å². The Morgan fingerprint density at radius 1 is 1.23 bits per heavy atom. The number of ketones is 1. The highest BCUT2D eigenvalue weighted by molar-refractivity contribution is 14.1. The van der Waals surface area contributed by atoms with Crippen molar-refractivity contribution < 1.29 is 9.21 Å². The predicted molar refractivity (Wildman–Crippen MR) is 91.3 cm³/mol.